The largest absolute Gasteiger partial charge is 0.481 e. The van der Waals surface area contributed by atoms with Gasteiger partial charge < -0.3 is 19.3 Å². The maximum atomic E-state index is 12.2. The van der Waals surface area contributed by atoms with Gasteiger partial charge in [-0.25, -0.2) is 4.98 Å². The van der Waals surface area contributed by atoms with E-state index in [4.69, 9.17) is 14.0 Å². The maximum Gasteiger partial charge on any atom is 0.289 e. The lowest BCUT2D eigenvalue weighted by molar-refractivity contribution is 0.0869. The SMILES string of the molecule is COc1ncccc1CN1C[C@H]2COC[C@@]2(CNC(=O)c2ccno2)C1. The number of rotatable bonds is 6. The molecule has 2 aromatic rings. The highest BCUT2D eigenvalue weighted by Gasteiger charge is 2.50. The predicted octanol–water partition coefficient (Wildman–Crippen LogP) is 0.957. The summed E-state index contributed by atoms with van der Waals surface area (Å²) in [6.45, 7) is 4.47. The second kappa shape index (κ2) is 7.05. The minimum Gasteiger partial charge on any atom is -0.481 e. The van der Waals surface area contributed by atoms with E-state index in [0.29, 0.717) is 24.9 Å². The standard InChI is InChI=1S/C18H22N4O4/c1-24-17-13(3-2-5-19-17)7-22-8-14-9-25-12-18(14,11-22)10-20-16(23)15-4-6-21-26-15/h2-6,14H,7-12H2,1H3,(H,20,23)/t14-,18+/m0/s1. The summed E-state index contributed by atoms with van der Waals surface area (Å²) < 4.78 is 16.0. The highest BCUT2D eigenvalue weighted by Crippen LogP contribution is 2.41. The van der Waals surface area contributed by atoms with Crippen molar-refractivity contribution in [3.8, 4) is 5.88 Å². The lowest BCUT2D eigenvalue weighted by Crippen LogP contribution is -2.43. The molecule has 26 heavy (non-hydrogen) atoms. The van der Waals surface area contributed by atoms with E-state index in [2.05, 4.69) is 20.4 Å². The molecule has 2 aromatic heterocycles. The molecule has 0 aliphatic carbocycles. The zero-order valence-corrected chi connectivity index (χ0v) is 14.7. The number of amides is 1. The summed E-state index contributed by atoms with van der Waals surface area (Å²) in [5.41, 5.74) is 0.988. The lowest BCUT2D eigenvalue weighted by atomic mass is 9.81. The molecule has 8 heteroatoms. The van der Waals surface area contributed by atoms with Crippen LogP contribution < -0.4 is 10.1 Å². The number of ether oxygens (including phenoxy) is 2. The Hall–Kier alpha value is -2.45. The molecule has 2 saturated heterocycles. The average molecular weight is 358 g/mol. The van der Waals surface area contributed by atoms with E-state index in [1.54, 1.807) is 19.4 Å². The summed E-state index contributed by atoms with van der Waals surface area (Å²) >= 11 is 0. The van der Waals surface area contributed by atoms with E-state index < -0.39 is 0 Å². The number of hydrogen-bond acceptors (Lipinski definition) is 7. The van der Waals surface area contributed by atoms with E-state index in [0.717, 1.165) is 31.8 Å². The van der Waals surface area contributed by atoms with E-state index in [9.17, 15) is 4.79 Å². The smallest absolute Gasteiger partial charge is 0.289 e. The van der Waals surface area contributed by atoms with Crippen molar-refractivity contribution in [1.82, 2.24) is 20.4 Å². The van der Waals surface area contributed by atoms with Gasteiger partial charge in [-0.15, -0.1) is 0 Å². The van der Waals surface area contributed by atoms with Crippen molar-refractivity contribution in [1.29, 1.82) is 0 Å². The quantitative estimate of drug-likeness (QED) is 0.822. The van der Waals surface area contributed by atoms with Gasteiger partial charge >= 0.3 is 0 Å². The van der Waals surface area contributed by atoms with Crippen LogP contribution in [0.15, 0.2) is 35.1 Å². The molecule has 2 fully saturated rings. The van der Waals surface area contributed by atoms with E-state index >= 15 is 0 Å². The number of likely N-dealkylation sites (tertiary alicyclic amines) is 1. The van der Waals surface area contributed by atoms with Crippen molar-refractivity contribution >= 4 is 5.91 Å². The molecule has 0 aromatic carbocycles. The third-order valence-electron chi connectivity index (χ3n) is 5.29. The monoisotopic (exact) mass is 358 g/mol. The van der Waals surface area contributed by atoms with Crippen molar-refractivity contribution in [2.45, 2.75) is 6.54 Å². The number of hydrogen-bond donors (Lipinski definition) is 1. The molecule has 138 valence electrons. The van der Waals surface area contributed by atoms with Crippen LogP contribution in [0, 0.1) is 11.3 Å². The number of carbonyl (C=O) groups is 1. The Bertz CT molecular complexity index is 766. The van der Waals surface area contributed by atoms with Crippen LogP contribution in [0.3, 0.4) is 0 Å². The minimum atomic E-state index is -0.241. The Morgan fingerprint density at radius 1 is 1.46 bits per heavy atom. The molecule has 1 amide bonds. The molecule has 2 aliphatic heterocycles. The van der Waals surface area contributed by atoms with Gasteiger partial charge in [0.2, 0.25) is 11.6 Å². The van der Waals surface area contributed by atoms with Gasteiger partial charge in [0.05, 0.1) is 26.5 Å². The van der Waals surface area contributed by atoms with Crippen molar-refractivity contribution in [3.05, 3.63) is 41.9 Å². The van der Waals surface area contributed by atoms with Crippen LogP contribution in [0.2, 0.25) is 0 Å². The number of fused-ring (bicyclic) bond motifs is 1. The summed E-state index contributed by atoms with van der Waals surface area (Å²) in [5, 5.41) is 6.56. The third kappa shape index (κ3) is 3.17. The van der Waals surface area contributed by atoms with Gasteiger partial charge in [-0.05, 0) is 6.07 Å². The first-order valence-electron chi connectivity index (χ1n) is 8.67. The molecule has 1 N–H and O–H groups in total. The summed E-state index contributed by atoms with van der Waals surface area (Å²) in [4.78, 5) is 18.8. The van der Waals surface area contributed by atoms with Gasteiger partial charge in [-0.2, -0.15) is 0 Å². The zero-order chi connectivity index (χ0) is 18.0. The number of aromatic nitrogens is 2. The molecule has 2 atom stereocenters. The number of carbonyl (C=O) groups excluding carboxylic acids is 1. The fourth-order valence-corrected chi connectivity index (χ4v) is 3.96. The minimum absolute atomic E-state index is 0.0782. The highest BCUT2D eigenvalue weighted by atomic mass is 16.5. The Morgan fingerprint density at radius 3 is 3.19 bits per heavy atom. The second-order valence-electron chi connectivity index (χ2n) is 6.98. The van der Waals surface area contributed by atoms with Crippen molar-refractivity contribution in [3.63, 3.8) is 0 Å². The number of methoxy groups -OCH3 is 1. The molecule has 0 spiro atoms. The van der Waals surface area contributed by atoms with Crippen LogP contribution >= 0.6 is 0 Å². The van der Waals surface area contributed by atoms with E-state index in [1.807, 2.05) is 12.1 Å². The van der Waals surface area contributed by atoms with Crippen LogP contribution in [0.25, 0.3) is 0 Å². The molecular weight excluding hydrogens is 336 g/mol. The maximum absolute atomic E-state index is 12.2. The molecule has 0 radical (unpaired) electrons. The normalized spacial score (nSPS) is 25.2. The fourth-order valence-electron chi connectivity index (χ4n) is 3.96. The molecule has 0 bridgehead atoms. The molecule has 4 heterocycles. The predicted molar refractivity (Wildman–Crippen MR) is 91.6 cm³/mol. The summed E-state index contributed by atoms with van der Waals surface area (Å²) in [7, 11) is 1.64. The third-order valence-corrected chi connectivity index (χ3v) is 5.29. The Morgan fingerprint density at radius 2 is 2.38 bits per heavy atom. The Labute approximate surface area is 151 Å². The molecular formula is C18H22N4O4. The first kappa shape index (κ1) is 17.0. The molecule has 0 saturated carbocycles. The van der Waals surface area contributed by atoms with Gasteiger partial charge in [0.15, 0.2) is 0 Å². The van der Waals surface area contributed by atoms with Gasteiger partial charge in [0.1, 0.15) is 0 Å². The van der Waals surface area contributed by atoms with Gasteiger partial charge in [0.25, 0.3) is 5.91 Å². The van der Waals surface area contributed by atoms with Crippen LogP contribution in [-0.4, -0.2) is 60.9 Å². The summed E-state index contributed by atoms with van der Waals surface area (Å²) in [5.74, 6) is 1.04. The highest BCUT2D eigenvalue weighted by molar-refractivity contribution is 5.91. The van der Waals surface area contributed by atoms with Crippen LogP contribution in [0.4, 0.5) is 0 Å². The molecule has 0 unspecified atom stereocenters. The Kier molecular flexibility index (Phi) is 4.60. The zero-order valence-electron chi connectivity index (χ0n) is 14.7. The van der Waals surface area contributed by atoms with Crippen LogP contribution in [-0.2, 0) is 11.3 Å². The topological polar surface area (TPSA) is 89.7 Å². The van der Waals surface area contributed by atoms with Crippen molar-refractivity contribution in [2.75, 3.05) is 40.0 Å². The molecule has 2 aliphatic rings. The summed E-state index contributed by atoms with van der Waals surface area (Å²) in [6.07, 6.45) is 3.20. The van der Waals surface area contributed by atoms with Crippen molar-refractivity contribution in [2.24, 2.45) is 11.3 Å². The van der Waals surface area contributed by atoms with Gasteiger partial charge in [-0.1, -0.05) is 11.2 Å². The van der Waals surface area contributed by atoms with E-state index in [1.165, 1.54) is 6.20 Å². The molecule has 4 rings (SSSR count). The fraction of sp³-hybridized carbons (Fsp3) is 0.500. The van der Waals surface area contributed by atoms with Crippen molar-refractivity contribution < 1.29 is 18.8 Å². The number of nitrogens with one attached hydrogen (secondary N) is 1. The molecule has 8 nitrogen and oxygen atoms in total. The first-order chi connectivity index (χ1) is 12.7. The Balaban J connectivity index is 1.42. The summed E-state index contributed by atoms with van der Waals surface area (Å²) in [6, 6.07) is 5.52. The van der Waals surface area contributed by atoms with E-state index in [-0.39, 0.29) is 17.1 Å². The number of nitrogens with zero attached hydrogens (tertiary/aromatic N) is 3. The second-order valence-corrected chi connectivity index (χ2v) is 6.98. The van der Waals surface area contributed by atoms with Crippen LogP contribution in [0.5, 0.6) is 5.88 Å². The van der Waals surface area contributed by atoms with Gasteiger partial charge in [-0.3, -0.25) is 9.69 Å². The first-order valence-corrected chi connectivity index (χ1v) is 8.67. The number of pyridine rings is 1. The van der Waals surface area contributed by atoms with Crippen LogP contribution in [0.1, 0.15) is 16.1 Å². The van der Waals surface area contributed by atoms with Gasteiger partial charge in [0, 0.05) is 55.3 Å². The lowest BCUT2D eigenvalue weighted by Gasteiger charge is -2.27. The average Bonchev–Trinajstić information content (AvgIpc) is 3.36.